The third-order valence-corrected chi connectivity index (χ3v) is 3.77. The van der Waals surface area contributed by atoms with Crippen LogP contribution in [0.2, 0.25) is 0 Å². The van der Waals surface area contributed by atoms with Gasteiger partial charge >= 0.3 is 6.98 Å². The van der Waals surface area contributed by atoms with Crippen molar-refractivity contribution < 1.29 is 44.3 Å². The number of ketones is 1. The van der Waals surface area contributed by atoms with E-state index < -0.39 is 41.5 Å². The number of hydrogen-bond donors (Lipinski definition) is 0. The summed E-state index contributed by atoms with van der Waals surface area (Å²) in [4.78, 5) is 11.8. The van der Waals surface area contributed by atoms with Crippen LogP contribution in [0, 0.1) is 29.1 Å². The van der Waals surface area contributed by atoms with E-state index >= 15 is 0 Å². The van der Waals surface area contributed by atoms with Gasteiger partial charge in [-0.3, -0.25) is 4.79 Å². The van der Waals surface area contributed by atoms with E-state index in [1.807, 2.05) is 65.5 Å². The van der Waals surface area contributed by atoms with Crippen molar-refractivity contribution in [3.63, 3.8) is 0 Å². The summed E-state index contributed by atoms with van der Waals surface area (Å²) in [6.07, 6.45) is 3.78. The number of pyridine rings is 1. The fraction of sp³-hybridized carbons (Fsp3) is 0.0526. The number of carbonyl (C=O) groups excluding carboxylic acids is 1. The van der Waals surface area contributed by atoms with Gasteiger partial charge in [0.05, 0.1) is 0 Å². The molecule has 1 aromatic heterocycles. The highest BCUT2D eigenvalue weighted by molar-refractivity contribution is 6.73. The van der Waals surface area contributed by atoms with Gasteiger partial charge in [-0.05, 0) is 5.46 Å². The van der Waals surface area contributed by atoms with Gasteiger partial charge in [0.2, 0.25) is 12.3 Å². The molecular weight excluding hydrogens is 421 g/mol. The zero-order valence-corrected chi connectivity index (χ0v) is 14.9. The van der Waals surface area contributed by atoms with Gasteiger partial charge < -0.3 is 12.9 Å². The zero-order chi connectivity index (χ0) is 22.5. The van der Waals surface area contributed by atoms with Crippen molar-refractivity contribution in [3.8, 4) is 0 Å². The molecule has 0 amide bonds. The van der Waals surface area contributed by atoms with Gasteiger partial charge in [0.1, 0.15) is 11.6 Å². The number of Topliss-reactive ketones (excluding diaryl/α,β-unsaturated/α-hetero) is 1. The lowest BCUT2D eigenvalue weighted by atomic mass is 9.79. The van der Waals surface area contributed by atoms with E-state index in [0.717, 1.165) is 5.56 Å². The van der Waals surface area contributed by atoms with Crippen molar-refractivity contribution in [3.05, 3.63) is 95.6 Å². The third kappa shape index (κ3) is 5.43. The van der Waals surface area contributed by atoms with Crippen LogP contribution in [0.3, 0.4) is 0 Å². The lowest BCUT2D eigenvalue weighted by Crippen LogP contribution is -2.41. The van der Waals surface area contributed by atoms with Crippen molar-refractivity contribution >= 4 is 18.2 Å². The molecule has 0 N–H and O–H groups in total. The third-order valence-electron chi connectivity index (χ3n) is 3.77. The normalized spacial score (nSPS) is 10.9. The Bertz CT molecular complexity index is 997. The molecule has 0 atom stereocenters. The maximum Gasteiger partial charge on any atom is 0.515 e. The monoisotopic (exact) mass is 433 g/mol. The molecule has 3 rings (SSSR count). The van der Waals surface area contributed by atoms with E-state index in [1.165, 1.54) is 0 Å². The molecule has 11 heteroatoms. The average Bonchev–Trinajstić information content (AvgIpc) is 2.72. The molecule has 0 saturated carbocycles. The second-order valence-electron chi connectivity index (χ2n) is 5.90. The van der Waals surface area contributed by atoms with Crippen LogP contribution in [0.5, 0.6) is 0 Å². The first-order valence-corrected chi connectivity index (χ1v) is 8.27. The van der Waals surface area contributed by atoms with E-state index in [9.17, 15) is 39.7 Å². The highest BCUT2D eigenvalue weighted by atomic mass is 19.4. The molecule has 0 spiro atoms. The van der Waals surface area contributed by atoms with E-state index in [2.05, 4.69) is 0 Å². The Balaban J connectivity index is 0.000000214. The lowest BCUT2D eigenvalue weighted by molar-refractivity contribution is -0.683. The maximum atomic E-state index is 12.5. The molecule has 1 heterocycles. The molecule has 0 bridgehead atoms. The fourth-order valence-corrected chi connectivity index (χ4v) is 2.33. The Morgan fingerprint density at radius 1 is 0.700 bits per heavy atom. The van der Waals surface area contributed by atoms with Crippen LogP contribution in [0.4, 0.5) is 34.9 Å². The van der Waals surface area contributed by atoms with Crippen molar-refractivity contribution in [1.82, 2.24) is 0 Å². The summed E-state index contributed by atoms with van der Waals surface area (Å²) >= 11 is 0. The number of rotatable bonds is 4. The second kappa shape index (κ2) is 9.51. The van der Waals surface area contributed by atoms with Crippen molar-refractivity contribution in [2.45, 2.75) is 6.54 Å². The molecule has 2 aromatic carbocycles. The summed E-state index contributed by atoms with van der Waals surface area (Å²) in [7, 11) is 0. The predicted octanol–water partition coefficient (Wildman–Crippen LogP) is 4.29. The Morgan fingerprint density at radius 3 is 1.60 bits per heavy atom. The second-order valence-corrected chi connectivity index (χ2v) is 5.90. The molecule has 0 aliphatic carbocycles. The van der Waals surface area contributed by atoms with Crippen LogP contribution >= 0.6 is 0 Å². The quantitative estimate of drug-likeness (QED) is 0.150. The molecule has 158 valence electrons. The van der Waals surface area contributed by atoms with Crippen LogP contribution in [-0.4, -0.2) is 12.8 Å². The minimum atomic E-state index is -6.30. The van der Waals surface area contributed by atoms with Gasteiger partial charge in [-0.2, -0.15) is 4.57 Å². The minimum Gasteiger partial charge on any atom is -0.445 e. The van der Waals surface area contributed by atoms with Gasteiger partial charge in [0.25, 0.3) is 0 Å². The molecule has 3 aromatic rings. The fourth-order valence-electron chi connectivity index (χ4n) is 2.33. The topological polar surface area (TPSA) is 20.9 Å². The van der Waals surface area contributed by atoms with Crippen LogP contribution < -0.4 is 10.0 Å². The number of halogens is 8. The van der Waals surface area contributed by atoms with Gasteiger partial charge in [-0.15, -0.1) is 0 Å². The number of nitrogens with zero attached hydrogens (tertiary/aromatic N) is 1. The van der Waals surface area contributed by atoms with E-state index in [4.69, 9.17) is 0 Å². The molecular formula is C19H12BF8NO. The summed E-state index contributed by atoms with van der Waals surface area (Å²) in [6, 6.07) is 15.1. The summed E-state index contributed by atoms with van der Waals surface area (Å²) in [5, 5.41) is 0. The van der Waals surface area contributed by atoms with Crippen LogP contribution in [-0.2, 0) is 6.54 Å². The van der Waals surface area contributed by atoms with E-state index in [-0.39, 0.29) is 5.78 Å². The van der Waals surface area contributed by atoms with Crippen molar-refractivity contribution in [2.75, 3.05) is 0 Å². The number of benzene rings is 2. The van der Waals surface area contributed by atoms with Gasteiger partial charge in [0, 0.05) is 17.7 Å². The Labute approximate surface area is 165 Å². The smallest absolute Gasteiger partial charge is 0.445 e. The summed E-state index contributed by atoms with van der Waals surface area (Å²) in [6.45, 7) is -5.91. The Kier molecular flexibility index (Phi) is 7.31. The molecule has 30 heavy (non-hydrogen) atoms. The number of hydrogen-bond acceptors (Lipinski definition) is 1. The first-order valence-electron chi connectivity index (χ1n) is 8.27. The highest BCUT2D eigenvalue weighted by Gasteiger charge is 2.37. The Hall–Kier alpha value is -3.24. The molecule has 2 nitrogen and oxygen atoms in total. The standard InChI is InChI=1S/C13H12NO.C6BF8/c15-13(12-7-3-1-4-8-12)11-14-9-5-2-6-10-14;8-2-1(7(13,14)15)3(9)5(11)6(12)4(2)10/h1-10H,11H2;/q+1;-1. The summed E-state index contributed by atoms with van der Waals surface area (Å²) in [5.41, 5.74) is -1.97. The SMILES string of the molecule is Fc1c(F)c(F)c([B-](F)(F)F)c(F)c1F.O=C(C[n+]1ccccc1)c1ccccc1. The highest BCUT2D eigenvalue weighted by Crippen LogP contribution is 2.21. The molecule has 0 saturated heterocycles. The summed E-state index contributed by atoms with van der Waals surface area (Å²) < 4.78 is 99.5. The molecule has 0 fully saturated rings. The van der Waals surface area contributed by atoms with Gasteiger partial charge in [0.15, 0.2) is 29.8 Å². The molecule has 0 unspecified atom stereocenters. The maximum absolute atomic E-state index is 12.5. The summed E-state index contributed by atoms with van der Waals surface area (Å²) in [5.74, 6) is -13.4. The lowest BCUT2D eigenvalue weighted by Gasteiger charge is -2.17. The molecule has 0 radical (unpaired) electrons. The van der Waals surface area contributed by atoms with Crippen molar-refractivity contribution in [1.29, 1.82) is 0 Å². The predicted molar refractivity (Wildman–Crippen MR) is 92.4 cm³/mol. The zero-order valence-electron chi connectivity index (χ0n) is 14.9. The number of carbonyl (C=O) groups is 1. The number of aromatic nitrogens is 1. The minimum absolute atomic E-state index is 0.131. The van der Waals surface area contributed by atoms with E-state index in [1.54, 1.807) is 0 Å². The van der Waals surface area contributed by atoms with Crippen molar-refractivity contribution in [2.24, 2.45) is 0 Å². The Morgan fingerprint density at radius 2 is 1.13 bits per heavy atom. The van der Waals surface area contributed by atoms with Gasteiger partial charge in [-0.1, -0.05) is 36.4 Å². The van der Waals surface area contributed by atoms with Crippen LogP contribution in [0.1, 0.15) is 10.4 Å². The van der Waals surface area contributed by atoms with E-state index in [0.29, 0.717) is 6.54 Å². The first-order chi connectivity index (χ1) is 14.0. The first kappa shape index (κ1) is 23.0. The van der Waals surface area contributed by atoms with Crippen LogP contribution in [0.15, 0.2) is 60.9 Å². The average molecular weight is 433 g/mol. The molecule has 0 aliphatic heterocycles. The largest absolute Gasteiger partial charge is 0.515 e. The van der Waals surface area contributed by atoms with Crippen LogP contribution in [0.25, 0.3) is 0 Å². The van der Waals surface area contributed by atoms with Gasteiger partial charge in [-0.25, -0.2) is 22.0 Å². The molecule has 0 aliphatic rings.